The number of nitrogens with one attached hydrogen (secondary N) is 1. The van der Waals surface area contributed by atoms with Crippen molar-refractivity contribution in [1.82, 2.24) is 4.98 Å². The summed E-state index contributed by atoms with van der Waals surface area (Å²) in [5, 5.41) is 12.0. The van der Waals surface area contributed by atoms with Gasteiger partial charge in [0.25, 0.3) is 0 Å². The van der Waals surface area contributed by atoms with Crippen LogP contribution in [0.15, 0.2) is 47.1 Å². The summed E-state index contributed by atoms with van der Waals surface area (Å²) in [6, 6.07) is 12.3. The predicted molar refractivity (Wildman–Crippen MR) is 72.7 cm³/mol. The maximum atomic E-state index is 10.7. The molecular formula is C13H11BrN2O2. The first-order valence-electron chi connectivity index (χ1n) is 5.34. The number of rotatable bonds is 4. The number of carboxylic acids is 1. The van der Waals surface area contributed by atoms with E-state index in [-0.39, 0.29) is 5.56 Å². The standard InChI is InChI=1S/C13H11BrN2O2/c14-12-3-1-2-11(16-12)8-15-10-6-4-9(5-7-10)13(17)18/h1-7,15H,8H2,(H,17,18). The zero-order valence-electron chi connectivity index (χ0n) is 9.43. The molecule has 0 unspecified atom stereocenters. The highest BCUT2D eigenvalue weighted by Gasteiger charge is 2.01. The molecular weight excluding hydrogens is 296 g/mol. The second kappa shape index (κ2) is 5.64. The van der Waals surface area contributed by atoms with Crippen molar-refractivity contribution in [2.24, 2.45) is 0 Å². The van der Waals surface area contributed by atoms with Gasteiger partial charge in [0.05, 0.1) is 17.8 Å². The summed E-state index contributed by atoms with van der Waals surface area (Å²) in [5.41, 5.74) is 2.05. The molecule has 0 radical (unpaired) electrons. The summed E-state index contributed by atoms with van der Waals surface area (Å²) in [6.07, 6.45) is 0. The first kappa shape index (κ1) is 12.6. The van der Waals surface area contributed by atoms with Crippen molar-refractivity contribution in [2.75, 3.05) is 5.32 Å². The van der Waals surface area contributed by atoms with E-state index in [2.05, 4.69) is 26.2 Å². The average molecular weight is 307 g/mol. The Kier molecular flexibility index (Phi) is 3.94. The molecule has 2 N–H and O–H groups in total. The number of carbonyl (C=O) groups is 1. The number of hydrogen-bond acceptors (Lipinski definition) is 3. The molecule has 1 heterocycles. The third kappa shape index (κ3) is 3.30. The minimum Gasteiger partial charge on any atom is -0.478 e. The van der Waals surface area contributed by atoms with Crippen LogP contribution in [0.2, 0.25) is 0 Å². The number of aromatic nitrogens is 1. The molecule has 1 aromatic carbocycles. The van der Waals surface area contributed by atoms with Gasteiger partial charge in [-0.25, -0.2) is 9.78 Å². The number of aromatic carboxylic acids is 1. The summed E-state index contributed by atoms with van der Waals surface area (Å²) in [6.45, 7) is 0.589. The van der Waals surface area contributed by atoms with Crippen molar-refractivity contribution in [3.05, 3.63) is 58.3 Å². The van der Waals surface area contributed by atoms with E-state index in [0.29, 0.717) is 6.54 Å². The van der Waals surface area contributed by atoms with E-state index in [1.54, 1.807) is 24.3 Å². The van der Waals surface area contributed by atoms with Gasteiger partial charge in [0.2, 0.25) is 0 Å². The van der Waals surface area contributed by atoms with Crippen LogP contribution in [0.3, 0.4) is 0 Å². The SMILES string of the molecule is O=C(O)c1ccc(NCc2cccc(Br)n2)cc1. The van der Waals surface area contributed by atoms with Crippen LogP contribution in [-0.4, -0.2) is 16.1 Å². The van der Waals surface area contributed by atoms with Crippen LogP contribution in [0.5, 0.6) is 0 Å². The Morgan fingerprint density at radius 1 is 1.22 bits per heavy atom. The van der Waals surface area contributed by atoms with Gasteiger partial charge in [-0.1, -0.05) is 6.07 Å². The molecule has 18 heavy (non-hydrogen) atoms. The van der Waals surface area contributed by atoms with Gasteiger partial charge in [-0.2, -0.15) is 0 Å². The van der Waals surface area contributed by atoms with Crippen LogP contribution in [0.1, 0.15) is 16.1 Å². The predicted octanol–water partition coefficient (Wildman–Crippen LogP) is 3.15. The molecule has 4 nitrogen and oxygen atoms in total. The molecule has 0 aliphatic carbocycles. The molecule has 2 aromatic rings. The topological polar surface area (TPSA) is 62.2 Å². The van der Waals surface area contributed by atoms with E-state index >= 15 is 0 Å². The van der Waals surface area contributed by atoms with Gasteiger partial charge in [0.15, 0.2) is 0 Å². The molecule has 92 valence electrons. The van der Waals surface area contributed by atoms with Crippen LogP contribution in [0.25, 0.3) is 0 Å². The third-order valence-corrected chi connectivity index (χ3v) is 2.82. The lowest BCUT2D eigenvalue weighted by atomic mass is 10.2. The van der Waals surface area contributed by atoms with E-state index in [1.807, 2.05) is 18.2 Å². The molecule has 1 aromatic heterocycles. The summed E-state index contributed by atoms with van der Waals surface area (Å²) < 4.78 is 0.794. The Labute approximate surface area is 113 Å². The van der Waals surface area contributed by atoms with E-state index in [0.717, 1.165) is 16.0 Å². The normalized spacial score (nSPS) is 10.1. The number of carboxylic acid groups (broad SMARTS) is 1. The number of hydrogen-bond donors (Lipinski definition) is 2. The number of pyridine rings is 1. The van der Waals surface area contributed by atoms with Gasteiger partial charge in [0.1, 0.15) is 4.60 Å². The monoisotopic (exact) mass is 306 g/mol. The maximum Gasteiger partial charge on any atom is 0.335 e. The van der Waals surface area contributed by atoms with E-state index < -0.39 is 5.97 Å². The highest BCUT2D eigenvalue weighted by molar-refractivity contribution is 9.10. The molecule has 0 bridgehead atoms. The number of benzene rings is 1. The second-order valence-corrected chi connectivity index (χ2v) is 4.50. The van der Waals surface area contributed by atoms with Crippen LogP contribution in [0, 0.1) is 0 Å². The van der Waals surface area contributed by atoms with E-state index in [9.17, 15) is 4.79 Å². The van der Waals surface area contributed by atoms with Gasteiger partial charge in [-0.15, -0.1) is 0 Å². The highest BCUT2D eigenvalue weighted by Crippen LogP contribution is 2.12. The lowest BCUT2D eigenvalue weighted by Crippen LogP contribution is -2.02. The molecule has 5 heteroatoms. The summed E-state index contributed by atoms with van der Waals surface area (Å²) in [7, 11) is 0. The molecule has 0 amide bonds. The van der Waals surface area contributed by atoms with Crippen LogP contribution in [-0.2, 0) is 6.54 Å². The first-order chi connectivity index (χ1) is 8.65. The van der Waals surface area contributed by atoms with E-state index in [4.69, 9.17) is 5.11 Å². The Morgan fingerprint density at radius 3 is 2.56 bits per heavy atom. The Hall–Kier alpha value is -1.88. The van der Waals surface area contributed by atoms with Crippen molar-refractivity contribution >= 4 is 27.6 Å². The molecule has 0 aliphatic rings. The van der Waals surface area contributed by atoms with Gasteiger partial charge < -0.3 is 10.4 Å². The quantitative estimate of drug-likeness (QED) is 0.852. The maximum absolute atomic E-state index is 10.7. The van der Waals surface area contributed by atoms with Gasteiger partial charge in [0, 0.05) is 5.69 Å². The Bertz CT molecular complexity index is 555. The molecule has 0 spiro atoms. The second-order valence-electron chi connectivity index (χ2n) is 3.69. The fraction of sp³-hybridized carbons (Fsp3) is 0.0769. The van der Waals surface area contributed by atoms with Gasteiger partial charge in [-0.3, -0.25) is 0 Å². The lowest BCUT2D eigenvalue weighted by Gasteiger charge is -2.06. The minimum absolute atomic E-state index is 0.279. The van der Waals surface area contributed by atoms with Crippen molar-refractivity contribution in [1.29, 1.82) is 0 Å². The van der Waals surface area contributed by atoms with Crippen molar-refractivity contribution in [2.45, 2.75) is 6.54 Å². The van der Waals surface area contributed by atoms with Crippen molar-refractivity contribution in [3.63, 3.8) is 0 Å². The number of nitrogens with zero attached hydrogens (tertiary/aromatic N) is 1. The molecule has 0 fully saturated rings. The zero-order chi connectivity index (χ0) is 13.0. The highest BCUT2D eigenvalue weighted by atomic mass is 79.9. The fourth-order valence-electron chi connectivity index (χ4n) is 1.47. The van der Waals surface area contributed by atoms with Crippen LogP contribution in [0.4, 0.5) is 5.69 Å². The van der Waals surface area contributed by atoms with Crippen molar-refractivity contribution in [3.8, 4) is 0 Å². The molecule has 0 atom stereocenters. The first-order valence-corrected chi connectivity index (χ1v) is 6.13. The van der Waals surface area contributed by atoms with Crippen LogP contribution < -0.4 is 5.32 Å². The molecule has 2 rings (SSSR count). The Morgan fingerprint density at radius 2 is 1.94 bits per heavy atom. The summed E-state index contributed by atoms with van der Waals surface area (Å²) >= 11 is 3.31. The largest absolute Gasteiger partial charge is 0.478 e. The smallest absolute Gasteiger partial charge is 0.335 e. The third-order valence-electron chi connectivity index (χ3n) is 2.38. The van der Waals surface area contributed by atoms with Crippen molar-refractivity contribution < 1.29 is 9.90 Å². The van der Waals surface area contributed by atoms with E-state index in [1.165, 1.54) is 0 Å². The molecule has 0 aliphatic heterocycles. The summed E-state index contributed by atoms with van der Waals surface area (Å²) in [4.78, 5) is 15.0. The lowest BCUT2D eigenvalue weighted by molar-refractivity contribution is 0.0697. The number of halogens is 1. The zero-order valence-corrected chi connectivity index (χ0v) is 11.0. The summed E-state index contributed by atoms with van der Waals surface area (Å²) in [5.74, 6) is -0.921. The Balaban J connectivity index is 2.00. The van der Waals surface area contributed by atoms with Gasteiger partial charge in [-0.05, 0) is 52.3 Å². The minimum atomic E-state index is -0.921. The molecule has 0 saturated heterocycles. The fourth-order valence-corrected chi connectivity index (χ4v) is 1.85. The number of anilines is 1. The molecule has 0 saturated carbocycles. The average Bonchev–Trinajstić information content (AvgIpc) is 2.37. The van der Waals surface area contributed by atoms with Gasteiger partial charge >= 0.3 is 5.97 Å². The van der Waals surface area contributed by atoms with Crippen LogP contribution >= 0.6 is 15.9 Å².